The van der Waals surface area contributed by atoms with Crippen molar-refractivity contribution in [1.29, 1.82) is 5.26 Å². The van der Waals surface area contributed by atoms with Crippen molar-refractivity contribution in [3.05, 3.63) is 68.2 Å². The molecular weight excluding hydrogens is 334 g/mol. The van der Waals surface area contributed by atoms with Gasteiger partial charge < -0.3 is 5.32 Å². The average Bonchev–Trinajstić information content (AvgIpc) is 2.47. The number of hydrogen-bond acceptors (Lipinski definition) is 4. The molecule has 0 radical (unpaired) electrons. The van der Waals surface area contributed by atoms with Crippen molar-refractivity contribution in [2.45, 2.75) is 13.0 Å². The van der Waals surface area contributed by atoms with Gasteiger partial charge in [-0.25, -0.2) is 0 Å². The summed E-state index contributed by atoms with van der Waals surface area (Å²) < 4.78 is 0.968. The van der Waals surface area contributed by atoms with Gasteiger partial charge in [0, 0.05) is 10.5 Å². The lowest BCUT2D eigenvalue weighted by atomic mass is 10.1. The maximum Gasteiger partial charge on any atom is 0.309 e. The molecule has 106 valence electrons. The summed E-state index contributed by atoms with van der Waals surface area (Å²) in [5.41, 5.74) is 1.20. The van der Waals surface area contributed by atoms with Crippen LogP contribution in [0.5, 0.6) is 0 Å². The zero-order valence-electron chi connectivity index (χ0n) is 11.2. The molecule has 0 aliphatic heterocycles. The van der Waals surface area contributed by atoms with Gasteiger partial charge in [0.05, 0.1) is 4.92 Å². The van der Waals surface area contributed by atoms with Crippen LogP contribution in [0.25, 0.3) is 0 Å². The maximum absolute atomic E-state index is 11.2. The first-order valence-corrected chi connectivity index (χ1v) is 7.01. The number of para-hydroxylation sites is 1. The number of nitriles is 1. The summed E-state index contributed by atoms with van der Waals surface area (Å²) in [6, 6.07) is 14.1. The Morgan fingerprint density at radius 2 is 1.95 bits per heavy atom. The van der Waals surface area contributed by atoms with Crippen LogP contribution in [0.3, 0.4) is 0 Å². The molecule has 0 heterocycles. The number of halogens is 1. The van der Waals surface area contributed by atoms with E-state index in [1.54, 1.807) is 12.1 Å². The maximum atomic E-state index is 11.2. The molecule has 6 heteroatoms. The number of nitro benzene ring substituents is 1. The number of anilines is 1. The monoisotopic (exact) mass is 345 g/mol. The Morgan fingerprint density at radius 3 is 2.52 bits per heavy atom. The summed E-state index contributed by atoms with van der Waals surface area (Å²) in [4.78, 5) is 10.6. The number of benzene rings is 2. The van der Waals surface area contributed by atoms with Crippen LogP contribution in [0.2, 0.25) is 0 Å². The average molecular weight is 346 g/mol. The van der Waals surface area contributed by atoms with E-state index in [1.165, 1.54) is 6.07 Å². The van der Waals surface area contributed by atoms with Crippen LogP contribution in [0, 0.1) is 21.4 Å². The van der Waals surface area contributed by atoms with E-state index >= 15 is 0 Å². The van der Waals surface area contributed by atoms with E-state index in [-0.39, 0.29) is 17.3 Å². The highest BCUT2D eigenvalue weighted by molar-refractivity contribution is 9.10. The Balaban J connectivity index is 2.33. The van der Waals surface area contributed by atoms with Crippen molar-refractivity contribution in [2.24, 2.45) is 0 Å². The van der Waals surface area contributed by atoms with Crippen molar-refractivity contribution in [3.8, 4) is 6.07 Å². The third-order valence-corrected chi connectivity index (χ3v) is 3.61. The van der Waals surface area contributed by atoms with Crippen molar-refractivity contribution >= 4 is 27.3 Å². The first kappa shape index (κ1) is 15.0. The second-order valence-electron chi connectivity index (χ2n) is 4.49. The van der Waals surface area contributed by atoms with Crippen LogP contribution in [-0.4, -0.2) is 4.92 Å². The SMILES string of the molecule is CC(Nc1cccc(C#N)c1[N+](=O)[O-])c1ccc(Br)cc1. The minimum atomic E-state index is -0.533. The number of nitrogens with zero attached hydrogens (tertiary/aromatic N) is 2. The van der Waals surface area contributed by atoms with E-state index in [9.17, 15) is 10.1 Å². The van der Waals surface area contributed by atoms with E-state index in [1.807, 2.05) is 37.3 Å². The molecule has 0 saturated carbocycles. The van der Waals surface area contributed by atoms with Crippen molar-refractivity contribution < 1.29 is 4.92 Å². The molecule has 1 atom stereocenters. The molecule has 0 bridgehead atoms. The minimum absolute atomic E-state index is 0.0491. The summed E-state index contributed by atoms with van der Waals surface area (Å²) >= 11 is 3.37. The highest BCUT2D eigenvalue weighted by Crippen LogP contribution is 2.31. The summed E-state index contributed by atoms with van der Waals surface area (Å²) in [5.74, 6) is 0. The van der Waals surface area contributed by atoms with Crippen molar-refractivity contribution in [2.75, 3.05) is 5.32 Å². The molecule has 1 unspecified atom stereocenters. The molecule has 21 heavy (non-hydrogen) atoms. The molecule has 2 aromatic carbocycles. The number of nitrogens with one attached hydrogen (secondary N) is 1. The standard InChI is InChI=1S/C15H12BrN3O2/c1-10(11-5-7-13(16)8-6-11)18-14-4-2-3-12(9-17)15(14)19(20)21/h2-8,10,18H,1H3. The topological polar surface area (TPSA) is 79.0 Å². The Bertz CT molecular complexity index is 708. The Hall–Kier alpha value is -2.39. The Labute approximate surface area is 130 Å². The van der Waals surface area contributed by atoms with Crippen molar-refractivity contribution in [3.63, 3.8) is 0 Å². The Morgan fingerprint density at radius 1 is 1.29 bits per heavy atom. The third-order valence-electron chi connectivity index (χ3n) is 3.08. The largest absolute Gasteiger partial charge is 0.373 e. The first-order valence-electron chi connectivity index (χ1n) is 6.22. The molecule has 0 aliphatic carbocycles. The van der Waals surface area contributed by atoms with E-state index < -0.39 is 4.92 Å². The molecule has 0 fully saturated rings. The zero-order valence-corrected chi connectivity index (χ0v) is 12.8. The number of nitro groups is 1. The van der Waals surface area contributed by atoms with Gasteiger partial charge in [-0.1, -0.05) is 34.1 Å². The highest BCUT2D eigenvalue weighted by Gasteiger charge is 2.20. The van der Waals surface area contributed by atoms with Gasteiger partial charge in [0.15, 0.2) is 0 Å². The normalized spacial score (nSPS) is 11.5. The lowest BCUT2D eigenvalue weighted by Crippen LogP contribution is -2.09. The predicted molar refractivity (Wildman–Crippen MR) is 84.0 cm³/mol. The number of rotatable bonds is 4. The lowest BCUT2D eigenvalue weighted by molar-refractivity contribution is -0.384. The van der Waals surface area contributed by atoms with Gasteiger partial charge in [0.2, 0.25) is 0 Å². The van der Waals surface area contributed by atoms with Gasteiger partial charge in [-0.2, -0.15) is 5.26 Å². The van der Waals surface area contributed by atoms with Crippen LogP contribution in [-0.2, 0) is 0 Å². The quantitative estimate of drug-likeness (QED) is 0.657. The van der Waals surface area contributed by atoms with Gasteiger partial charge >= 0.3 is 5.69 Å². The lowest BCUT2D eigenvalue weighted by Gasteiger charge is -2.16. The van der Waals surface area contributed by atoms with E-state index in [2.05, 4.69) is 21.2 Å². The van der Waals surface area contributed by atoms with Crippen molar-refractivity contribution in [1.82, 2.24) is 0 Å². The van der Waals surface area contributed by atoms with Gasteiger partial charge in [-0.3, -0.25) is 10.1 Å². The second kappa shape index (κ2) is 6.37. The van der Waals surface area contributed by atoms with Crippen LogP contribution in [0.4, 0.5) is 11.4 Å². The molecule has 2 rings (SSSR count). The molecule has 0 spiro atoms. The predicted octanol–water partition coefficient (Wildman–Crippen LogP) is 4.40. The molecule has 0 amide bonds. The smallest absolute Gasteiger partial charge is 0.309 e. The van der Waals surface area contributed by atoms with Crippen LogP contribution >= 0.6 is 15.9 Å². The molecule has 0 aliphatic rings. The Kier molecular flexibility index (Phi) is 4.55. The second-order valence-corrected chi connectivity index (χ2v) is 5.40. The van der Waals surface area contributed by atoms with Gasteiger partial charge in [0.25, 0.3) is 0 Å². The molecule has 0 saturated heterocycles. The fourth-order valence-corrected chi connectivity index (χ4v) is 2.28. The van der Waals surface area contributed by atoms with Crippen LogP contribution in [0.15, 0.2) is 46.9 Å². The molecule has 1 N–H and O–H groups in total. The minimum Gasteiger partial charge on any atom is -0.373 e. The van der Waals surface area contributed by atoms with E-state index in [0.29, 0.717) is 5.69 Å². The highest BCUT2D eigenvalue weighted by atomic mass is 79.9. The molecule has 0 aromatic heterocycles. The van der Waals surface area contributed by atoms with E-state index in [4.69, 9.17) is 5.26 Å². The molecule has 5 nitrogen and oxygen atoms in total. The van der Waals surface area contributed by atoms with Crippen LogP contribution < -0.4 is 5.32 Å². The van der Waals surface area contributed by atoms with Gasteiger partial charge in [-0.15, -0.1) is 0 Å². The number of hydrogen-bond donors (Lipinski definition) is 1. The summed E-state index contributed by atoms with van der Waals surface area (Å²) in [5, 5.41) is 23.3. The molecular formula is C15H12BrN3O2. The fraction of sp³-hybridized carbons (Fsp3) is 0.133. The van der Waals surface area contributed by atoms with E-state index in [0.717, 1.165) is 10.0 Å². The van der Waals surface area contributed by atoms with Gasteiger partial charge in [-0.05, 0) is 36.8 Å². The fourth-order valence-electron chi connectivity index (χ4n) is 2.01. The summed E-state index contributed by atoms with van der Waals surface area (Å²) in [7, 11) is 0. The first-order chi connectivity index (χ1) is 10.0. The van der Waals surface area contributed by atoms with Gasteiger partial charge in [0.1, 0.15) is 17.3 Å². The van der Waals surface area contributed by atoms with Crippen LogP contribution in [0.1, 0.15) is 24.1 Å². The summed E-state index contributed by atoms with van der Waals surface area (Å²) in [6.07, 6.45) is 0. The zero-order chi connectivity index (χ0) is 15.4. The third kappa shape index (κ3) is 3.38. The summed E-state index contributed by atoms with van der Waals surface area (Å²) in [6.45, 7) is 1.91. The molecule has 2 aromatic rings.